The maximum atomic E-state index is 12.1. The molecule has 0 spiro atoms. The molecule has 0 atom stereocenters. The summed E-state index contributed by atoms with van der Waals surface area (Å²) in [7, 11) is 2.05. The van der Waals surface area contributed by atoms with E-state index >= 15 is 0 Å². The van der Waals surface area contributed by atoms with Gasteiger partial charge >= 0.3 is 0 Å². The minimum absolute atomic E-state index is 0.0789. The molecule has 0 aliphatic rings. The Morgan fingerprint density at radius 2 is 1.90 bits per heavy atom. The third-order valence-electron chi connectivity index (χ3n) is 3.90. The first-order valence-electron chi connectivity index (χ1n) is 6.89. The Morgan fingerprint density at radius 3 is 2.67 bits per heavy atom. The molecule has 4 heteroatoms. The van der Waals surface area contributed by atoms with Crippen LogP contribution >= 0.6 is 0 Å². The number of benzene rings is 1. The largest absolute Gasteiger partial charge is 0.348 e. The number of aromatic nitrogens is 2. The summed E-state index contributed by atoms with van der Waals surface area (Å²) in [6, 6.07) is 11.7. The molecule has 1 amide bonds. The normalized spacial score (nSPS) is 10.8. The lowest BCUT2D eigenvalue weighted by Crippen LogP contribution is -2.23. The van der Waals surface area contributed by atoms with Crippen LogP contribution < -0.4 is 5.32 Å². The number of hydrogen-bond acceptors (Lipinski definition) is 2. The van der Waals surface area contributed by atoms with Crippen molar-refractivity contribution in [1.29, 1.82) is 0 Å². The minimum atomic E-state index is -0.0789. The first-order valence-corrected chi connectivity index (χ1v) is 6.89. The summed E-state index contributed by atoms with van der Waals surface area (Å²) in [5, 5.41) is 4.17. The Labute approximate surface area is 123 Å². The molecule has 2 heterocycles. The van der Waals surface area contributed by atoms with Crippen LogP contribution in [0.1, 0.15) is 21.6 Å². The Balaban J connectivity index is 1.86. The monoisotopic (exact) mass is 279 g/mol. The summed E-state index contributed by atoms with van der Waals surface area (Å²) in [5.74, 6) is -0.0789. The third-order valence-corrected chi connectivity index (χ3v) is 3.90. The molecule has 3 aromatic rings. The van der Waals surface area contributed by atoms with E-state index in [0.29, 0.717) is 12.1 Å². The van der Waals surface area contributed by atoms with E-state index in [1.807, 2.05) is 19.2 Å². The van der Waals surface area contributed by atoms with E-state index in [2.05, 4.69) is 33.9 Å². The van der Waals surface area contributed by atoms with Crippen LogP contribution in [0.3, 0.4) is 0 Å². The molecular weight excluding hydrogens is 262 g/mol. The number of amides is 1. The van der Waals surface area contributed by atoms with Crippen molar-refractivity contribution in [3.05, 3.63) is 65.6 Å². The van der Waals surface area contributed by atoms with E-state index in [1.54, 1.807) is 24.5 Å². The second-order valence-corrected chi connectivity index (χ2v) is 5.06. The first kappa shape index (κ1) is 13.4. The zero-order valence-electron chi connectivity index (χ0n) is 12.1. The Morgan fingerprint density at radius 1 is 1.19 bits per heavy atom. The molecule has 0 aliphatic heterocycles. The van der Waals surface area contributed by atoms with Crippen molar-refractivity contribution in [3.8, 4) is 0 Å². The smallest absolute Gasteiger partial charge is 0.251 e. The van der Waals surface area contributed by atoms with Crippen LogP contribution in [0.2, 0.25) is 0 Å². The molecule has 0 aliphatic carbocycles. The summed E-state index contributed by atoms with van der Waals surface area (Å²) in [4.78, 5) is 16.0. The molecule has 0 saturated carbocycles. The van der Waals surface area contributed by atoms with Crippen molar-refractivity contribution < 1.29 is 4.79 Å². The molecule has 1 aromatic carbocycles. The predicted molar refractivity (Wildman–Crippen MR) is 83.1 cm³/mol. The summed E-state index contributed by atoms with van der Waals surface area (Å²) < 4.78 is 2.16. The van der Waals surface area contributed by atoms with E-state index in [1.165, 1.54) is 16.6 Å². The molecule has 4 nitrogen and oxygen atoms in total. The third kappa shape index (κ3) is 2.40. The maximum absolute atomic E-state index is 12.1. The van der Waals surface area contributed by atoms with Gasteiger partial charge in [-0.25, -0.2) is 0 Å². The van der Waals surface area contributed by atoms with Crippen molar-refractivity contribution in [2.24, 2.45) is 7.05 Å². The van der Waals surface area contributed by atoms with Gasteiger partial charge in [-0.1, -0.05) is 18.2 Å². The van der Waals surface area contributed by atoms with Crippen LogP contribution in [0.4, 0.5) is 0 Å². The molecule has 3 rings (SSSR count). The fourth-order valence-corrected chi connectivity index (χ4v) is 2.60. The molecule has 1 N–H and O–H groups in total. The van der Waals surface area contributed by atoms with Gasteiger partial charge in [0.25, 0.3) is 5.91 Å². The average molecular weight is 279 g/mol. The lowest BCUT2D eigenvalue weighted by Gasteiger charge is -2.06. The predicted octanol–water partition coefficient (Wildman–Crippen LogP) is 2.81. The fraction of sp³-hybridized carbons (Fsp3) is 0.176. The number of nitrogens with zero attached hydrogens (tertiary/aromatic N) is 2. The Bertz CT molecular complexity index is 790. The quantitative estimate of drug-likeness (QED) is 0.801. The van der Waals surface area contributed by atoms with Gasteiger partial charge in [0.2, 0.25) is 0 Å². The average Bonchev–Trinajstić information content (AvgIpc) is 2.78. The van der Waals surface area contributed by atoms with Crippen LogP contribution in [0, 0.1) is 6.92 Å². The molecule has 0 radical (unpaired) electrons. The second kappa shape index (κ2) is 5.40. The van der Waals surface area contributed by atoms with Crippen molar-refractivity contribution in [3.63, 3.8) is 0 Å². The summed E-state index contributed by atoms with van der Waals surface area (Å²) in [6.45, 7) is 2.60. The number of para-hydroxylation sites is 1. The molecule has 0 saturated heterocycles. The van der Waals surface area contributed by atoms with Crippen LogP contribution in [-0.2, 0) is 13.6 Å². The first-order chi connectivity index (χ1) is 10.2. The van der Waals surface area contributed by atoms with Crippen LogP contribution in [0.15, 0.2) is 48.8 Å². The van der Waals surface area contributed by atoms with Gasteiger partial charge in [-0.05, 0) is 30.7 Å². The number of aryl methyl sites for hydroxylation is 1. The number of carbonyl (C=O) groups is 1. The van der Waals surface area contributed by atoms with Gasteiger partial charge in [-0.15, -0.1) is 0 Å². The fourth-order valence-electron chi connectivity index (χ4n) is 2.60. The molecule has 0 unspecified atom stereocenters. The van der Waals surface area contributed by atoms with E-state index in [9.17, 15) is 4.79 Å². The van der Waals surface area contributed by atoms with Gasteiger partial charge in [0.15, 0.2) is 0 Å². The van der Waals surface area contributed by atoms with E-state index in [0.717, 1.165) is 5.56 Å². The highest BCUT2D eigenvalue weighted by Gasteiger charge is 2.12. The summed E-state index contributed by atoms with van der Waals surface area (Å²) >= 11 is 0. The zero-order valence-corrected chi connectivity index (χ0v) is 12.1. The number of hydrogen-bond donors (Lipinski definition) is 1. The zero-order chi connectivity index (χ0) is 14.8. The molecule has 0 bridgehead atoms. The minimum Gasteiger partial charge on any atom is -0.348 e. The molecule has 2 aromatic heterocycles. The second-order valence-electron chi connectivity index (χ2n) is 5.06. The van der Waals surface area contributed by atoms with Gasteiger partial charge in [0, 0.05) is 48.1 Å². The van der Waals surface area contributed by atoms with Crippen molar-refractivity contribution in [1.82, 2.24) is 14.9 Å². The lowest BCUT2D eigenvalue weighted by molar-refractivity contribution is 0.0951. The van der Waals surface area contributed by atoms with Gasteiger partial charge in [-0.2, -0.15) is 0 Å². The van der Waals surface area contributed by atoms with E-state index in [4.69, 9.17) is 0 Å². The van der Waals surface area contributed by atoms with Crippen LogP contribution in [0.5, 0.6) is 0 Å². The highest BCUT2D eigenvalue weighted by Crippen LogP contribution is 2.24. The molecule has 21 heavy (non-hydrogen) atoms. The Hall–Kier alpha value is -2.62. The summed E-state index contributed by atoms with van der Waals surface area (Å²) in [5.41, 5.74) is 4.15. The topological polar surface area (TPSA) is 46.9 Å². The van der Waals surface area contributed by atoms with E-state index < -0.39 is 0 Å². The van der Waals surface area contributed by atoms with Gasteiger partial charge in [-0.3, -0.25) is 9.78 Å². The maximum Gasteiger partial charge on any atom is 0.251 e. The standard InChI is InChI=1S/C17H17N3O/c1-12-15(14-5-3-4-6-16(14)20(12)2)11-19-17(21)13-7-9-18-10-8-13/h3-10H,11H2,1-2H3,(H,19,21). The van der Waals surface area contributed by atoms with Crippen molar-refractivity contribution in [2.75, 3.05) is 0 Å². The number of carbonyl (C=O) groups excluding carboxylic acids is 1. The van der Waals surface area contributed by atoms with Crippen molar-refractivity contribution in [2.45, 2.75) is 13.5 Å². The lowest BCUT2D eigenvalue weighted by atomic mass is 10.1. The van der Waals surface area contributed by atoms with Gasteiger partial charge in [0.1, 0.15) is 0 Å². The van der Waals surface area contributed by atoms with Gasteiger partial charge < -0.3 is 9.88 Å². The molecule has 0 fully saturated rings. The number of fused-ring (bicyclic) bond motifs is 1. The van der Waals surface area contributed by atoms with Gasteiger partial charge in [0.05, 0.1) is 0 Å². The highest BCUT2D eigenvalue weighted by molar-refractivity contribution is 5.94. The highest BCUT2D eigenvalue weighted by atomic mass is 16.1. The van der Waals surface area contributed by atoms with E-state index in [-0.39, 0.29) is 5.91 Å². The number of nitrogens with one attached hydrogen (secondary N) is 1. The molecular formula is C17H17N3O. The van der Waals surface area contributed by atoms with Crippen molar-refractivity contribution >= 4 is 16.8 Å². The SMILES string of the molecule is Cc1c(CNC(=O)c2ccncc2)c2ccccc2n1C. The van der Waals surface area contributed by atoms with Crippen LogP contribution in [-0.4, -0.2) is 15.5 Å². The number of rotatable bonds is 3. The number of pyridine rings is 1. The Kier molecular flexibility index (Phi) is 3.44. The molecule has 106 valence electrons. The summed E-state index contributed by atoms with van der Waals surface area (Å²) in [6.07, 6.45) is 3.25. The van der Waals surface area contributed by atoms with Crippen LogP contribution in [0.25, 0.3) is 10.9 Å².